The molecule has 0 aromatic carbocycles. The second-order valence-electron chi connectivity index (χ2n) is 18.1. The number of carboxylic acid groups (broad SMARTS) is 1. The van der Waals surface area contributed by atoms with Crippen molar-refractivity contribution in [1.82, 2.24) is 25.5 Å². The summed E-state index contributed by atoms with van der Waals surface area (Å²) < 4.78 is 27.1. The predicted molar refractivity (Wildman–Crippen MR) is 183 cm³/mol. The van der Waals surface area contributed by atoms with Crippen molar-refractivity contribution in [3.8, 4) is 0 Å². The van der Waals surface area contributed by atoms with Crippen molar-refractivity contribution in [2.45, 2.75) is 118 Å². The van der Waals surface area contributed by atoms with E-state index in [9.17, 15) is 14.3 Å². The van der Waals surface area contributed by atoms with Gasteiger partial charge in [0.15, 0.2) is 0 Å². The number of hydrogen-bond acceptors (Lipinski definition) is 8. The summed E-state index contributed by atoms with van der Waals surface area (Å²) in [6, 6.07) is -0.250. The van der Waals surface area contributed by atoms with Crippen LogP contribution in [0.2, 0.25) is 0 Å². The third kappa shape index (κ3) is 4.94. The number of hydrogen-bond donors (Lipinski definition) is 3. The van der Waals surface area contributed by atoms with E-state index in [4.69, 9.17) is 15.2 Å². The van der Waals surface area contributed by atoms with Gasteiger partial charge in [-0.2, -0.15) is 4.80 Å². The van der Waals surface area contributed by atoms with Crippen molar-refractivity contribution >= 4 is 11.9 Å². The second kappa shape index (κ2) is 12.0. The number of anilines is 1. The summed E-state index contributed by atoms with van der Waals surface area (Å²) >= 11 is 0. The first-order valence-electron chi connectivity index (χ1n) is 18.4. The normalized spacial score (nSPS) is 44.1. The number of carbonyl (C=O) groups is 1. The van der Waals surface area contributed by atoms with Crippen molar-refractivity contribution in [1.29, 1.82) is 0 Å². The van der Waals surface area contributed by atoms with Gasteiger partial charge in [-0.3, -0.25) is 9.18 Å². The van der Waals surface area contributed by atoms with Gasteiger partial charge in [-0.15, -0.1) is 5.10 Å². The third-order valence-corrected chi connectivity index (χ3v) is 15.7. The van der Waals surface area contributed by atoms with Crippen molar-refractivity contribution in [2.75, 3.05) is 39.3 Å². The lowest BCUT2D eigenvalue weighted by Crippen LogP contribution is -2.69. The number of likely N-dealkylation sites (N-methyl/N-ethyl adjacent to an activating group) is 1. The summed E-state index contributed by atoms with van der Waals surface area (Å²) in [6.45, 7) is 19.0. The third-order valence-electron chi connectivity index (χ3n) is 15.7. The fraction of sp³-hybridized carbons (Fsp3) is 0.892. The van der Waals surface area contributed by atoms with Crippen LogP contribution in [0.5, 0.6) is 0 Å². The highest BCUT2D eigenvalue weighted by Gasteiger charge is 2.72. The molecule has 270 valence electrons. The van der Waals surface area contributed by atoms with Crippen LogP contribution in [0.1, 0.15) is 106 Å². The van der Waals surface area contributed by atoms with Crippen molar-refractivity contribution in [2.24, 2.45) is 56.7 Å². The highest BCUT2D eigenvalue weighted by atomic mass is 19.1. The maximum Gasteiger partial charge on any atom is 0.307 e. The van der Waals surface area contributed by atoms with E-state index in [0.29, 0.717) is 50.4 Å². The van der Waals surface area contributed by atoms with E-state index in [2.05, 4.69) is 75.3 Å². The first kappa shape index (κ1) is 35.7. The fourth-order valence-corrected chi connectivity index (χ4v) is 12.2. The van der Waals surface area contributed by atoms with Crippen LogP contribution in [0, 0.1) is 56.7 Å². The zero-order valence-corrected chi connectivity index (χ0v) is 30.8. The van der Waals surface area contributed by atoms with Crippen LogP contribution in [0.3, 0.4) is 0 Å². The summed E-state index contributed by atoms with van der Waals surface area (Å²) in [6.07, 6.45) is 7.89. The molecule has 1 saturated heterocycles. The number of nitrogens with zero attached hydrogens (tertiary/aromatic N) is 4. The van der Waals surface area contributed by atoms with Crippen LogP contribution in [0.25, 0.3) is 0 Å². The summed E-state index contributed by atoms with van der Waals surface area (Å²) in [5.74, 6) is 0.283. The molecule has 48 heavy (non-hydrogen) atoms. The van der Waals surface area contributed by atoms with Gasteiger partial charge >= 0.3 is 5.97 Å². The largest absolute Gasteiger partial charge is 0.481 e. The van der Waals surface area contributed by atoms with Gasteiger partial charge in [0, 0.05) is 16.4 Å². The Morgan fingerprint density at radius 1 is 1.21 bits per heavy atom. The average molecular weight is 673 g/mol. The number of fused-ring (bicyclic) bond motifs is 3. The molecule has 12 atom stereocenters. The summed E-state index contributed by atoms with van der Waals surface area (Å²) in [5, 5.41) is 27.3. The van der Waals surface area contributed by atoms with Crippen molar-refractivity contribution < 1.29 is 23.8 Å². The Morgan fingerprint density at radius 3 is 2.54 bits per heavy atom. The first-order valence-corrected chi connectivity index (χ1v) is 18.4. The molecule has 2 unspecified atom stereocenters. The smallest absolute Gasteiger partial charge is 0.307 e. The van der Waals surface area contributed by atoms with Gasteiger partial charge in [0.25, 0.3) is 5.95 Å². The highest BCUT2D eigenvalue weighted by molar-refractivity contribution is 5.73. The molecule has 2 bridgehead atoms. The van der Waals surface area contributed by atoms with Crippen LogP contribution in [-0.4, -0.2) is 76.5 Å². The Labute approximate surface area is 286 Å². The van der Waals surface area contributed by atoms with E-state index in [1.807, 2.05) is 14.0 Å². The lowest BCUT2D eigenvalue weighted by molar-refractivity contribution is -0.253. The number of ether oxygens (including phenoxy) is 2. The molecule has 2 heterocycles. The zero-order chi connectivity index (χ0) is 35.1. The van der Waals surface area contributed by atoms with Crippen LogP contribution in [0.15, 0.2) is 11.6 Å². The zero-order valence-electron chi connectivity index (χ0n) is 30.8. The number of allylic oxidation sites excluding steroid dienone is 1. The second-order valence-corrected chi connectivity index (χ2v) is 18.1. The monoisotopic (exact) mass is 672 g/mol. The summed E-state index contributed by atoms with van der Waals surface area (Å²) in [4.78, 5) is 15.1. The Balaban J connectivity index is 1.43. The van der Waals surface area contributed by atoms with E-state index in [-0.39, 0.29) is 51.1 Å². The number of nitrogen functional groups attached to an aromatic ring is 1. The molecule has 4 N–H and O–H groups in total. The number of rotatable bonds is 10. The maximum atomic E-state index is 13.6. The molecule has 1 aromatic rings. The minimum absolute atomic E-state index is 0.125. The minimum atomic E-state index is -0.649. The van der Waals surface area contributed by atoms with E-state index in [0.717, 1.165) is 32.1 Å². The maximum absolute atomic E-state index is 13.6. The topological polar surface area (TPSA) is 137 Å². The van der Waals surface area contributed by atoms with Gasteiger partial charge in [0.05, 0.1) is 38.5 Å². The Hall–Kier alpha value is -2.11. The highest BCUT2D eigenvalue weighted by Crippen LogP contribution is 2.75. The van der Waals surface area contributed by atoms with Gasteiger partial charge in [-0.1, -0.05) is 65.2 Å². The van der Waals surface area contributed by atoms with Crippen LogP contribution in [0.4, 0.5) is 10.3 Å². The van der Waals surface area contributed by atoms with E-state index < -0.39 is 24.1 Å². The molecule has 1 aromatic heterocycles. The molecule has 6 rings (SSSR count). The number of aromatic nitrogens is 4. The number of carboxylic acids is 1. The van der Waals surface area contributed by atoms with E-state index in [1.54, 1.807) is 4.80 Å². The molecule has 0 spiro atoms. The lowest BCUT2D eigenvalue weighted by Gasteiger charge is -2.71. The molecule has 10 nitrogen and oxygen atoms in total. The standard InChI is InChI=1S/C37H61FN6O4/c1-22(2)23(3)33(5)14-15-35(7)24-10-11-27-34(6)20-47-21-37(27,25(24)12-13-36(35,8)28(33)30(45)46)18-26(44-42-31(39)41-43-44)29(34)48-19-32(4,40-9)16-17-38/h12,22-24,26-29,40H,10-11,13-21H2,1-9H3,(H2,39,42)(H,45,46)/t23-,24+,26-,27+,28-,29?,32?,33-,34-,35-,36+,37+/m1/s1. The molecule has 5 aliphatic rings. The first-order chi connectivity index (χ1) is 22.5. The molecule has 1 aliphatic heterocycles. The van der Waals surface area contributed by atoms with Gasteiger partial charge in [0.2, 0.25) is 0 Å². The van der Waals surface area contributed by atoms with Gasteiger partial charge in [-0.05, 0) is 104 Å². The molecule has 0 radical (unpaired) electrons. The van der Waals surface area contributed by atoms with E-state index >= 15 is 0 Å². The van der Waals surface area contributed by atoms with Gasteiger partial charge < -0.3 is 25.6 Å². The number of nitrogens with one attached hydrogen (secondary N) is 1. The molecule has 0 amide bonds. The number of alkyl halides is 1. The lowest BCUT2D eigenvalue weighted by atomic mass is 9.34. The minimum Gasteiger partial charge on any atom is -0.481 e. The molecular weight excluding hydrogens is 611 g/mol. The van der Waals surface area contributed by atoms with Crippen LogP contribution >= 0.6 is 0 Å². The number of nitrogens with two attached hydrogens (primary N) is 1. The SMILES string of the molecule is CNC(C)(CCF)COC1[C@H](n2nnc(N)n2)C[C@@]23COC[C@]1(C)[C@@H]2CC[C@H]1C3=CC[C@@]2(C)[C@H](C(=O)O)[C@@](C)([C@H](C)C(C)C)CC[C@]12C. The quantitative estimate of drug-likeness (QED) is 0.252. The summed E-state index contributed by atoms with van der Waals surface area (Å²) in [5.41, 5.74) is 5.46. The number of aliphatic carboxylic acids is 1. The molecule has 4 fully saturated rings. The fourth-order valence-electron chi connectivity index (χ4n) is 12.2. The number of tetrazole rings is 1. The predicted octanol–water partition coefficient (Wildman–Crippen LogP) is 6.11. The Bertz CT molecular complexity index is 1420. The Morgan fingerprint density at radius 2 is 1.94 bits per heavy atom. The van der Waals surface area contributed by atoms with Crippen LogP contribution < -0.4 is 11.1 Å². The molecule has 3 saturated carbocycles. The summed E-state index contributed by atoms with van der Waals surface area (Å²) in [7, 11) is 1.85. The van der Waals surface area contributed by atoms with Crippen LogP contribution in [-0.2, 0) is 14.3 Å². The average Bonchev–Trinajstić information content (AvgIpc) is 3.46. The van der Waals surface area contributed by atoms with Crippen molar-refractivity contribution in [3.05, 3.63) is 11.6 Å². The van der Waals surface area contributed by atoms with E-state index in [1.165, 1.54) is 5.57 Å². The molecular formula is C37H61FN6O4. The molecule has 11 heteroatoms. The Kier molecular flexibility index (Phi) is 8.93. The van der Waals surface area contributed by atoms with Gasteiger partial charge in [-0.25, -0.2) is 0 Å². The molecule has 4 aliphatic carbocycles. The number of halogens is 1. The van der Waals surface area contributed by atoms with Gasteiger partial charge in [0.1, 0.15) is 6.04 Å². The van der Waals surface area contributed by atoms with Crippen molar-refractivity contribution in [3.63, 3.8) is 0 Å².